The van der Waals surface area contributed by atoms with Crippen LogP contribution in [0.2, 0.25) is 0 Å². The molecule has 10 nitrogen and oxygen atoms in total. The Morgan fingerprint density at radius 3 is 2.12 bits per heavy atom. The van der Waals surface area contributed by atoms with Crippen LogP contribution in [0.4, 0.5) is 23.7 Å². The molecule has 0 saturated heterocycles. The van der Waals surface area contributed by atoms with Gasteiger partial charge in [0, 0.05) is 12.0 Å². The first kappa shape index (κ1) is 34.1. The monoisotopic (exact) mass is 666 g/mol. The highest BCUT2D eigenvalue weighted by Gasteiger charge is 2.74. The van der Waals surface area contributed by atoms with Crippen LogP contribution in [0.5, 0.6) is 5.75 Å². The number of fused-ring (bicyclic) bond motifs is 2. The topological polar surface area (TPSA) is 121 Å². The first-order valence-corrected chi connectivity index (χ1v) is 15.0. The van der Waals surface area contributed by atoms with E-state index >= 15 is 4.79 Å². The summed E-state index contributed by atoms with van der Waals surface area (Å²) in [6.45, 7) is 6.03. The highest BCUT2D eigenvalue weighted by Crippen LogP contribution is 2.58. The number of nitrogens with zero attached hydrogens (tertiary/aromatic N) is 2. The number of carbonyl (C=O) groups is 4. The molecule has 3 aromatic rings. The molecular formula is C35H33F3N2O8. The molecule has 5 rings (SSSR count). The maximum atomic E-state index is 15.2. The summed E-state index contributed by atoms with van der Waals surface area (Å²) < 4.78 is 61.3. The molecule has 0 aliphatic carbocycles. The minimum absolute atomic E-state index is 0.163. The third kappa shape index (κ3) is 5.88. The second-order valence-electron chi connectivity index (χ2n) is 12.2. The van der Waals surface area contributed by atoms with Gasteiger partial charge in [0.2, 0.25) is 0 Å². The molecule has 0 aromatic heterocycles. The maximum absolute atomic E-state index is 15.2. The molecule has 0 fully saturated rings. The summed E-state index contributed by atoms with van der Waals surface area (Å²) in [6.07, 6.45) is -6.58. The number of aliphatic imine (C=N–C) groups is 1. The number of hydrogen-bond acceptors (Lipinski definition) is 9. The van der Waals surface area contributed by atoms with Gasteiger partial charge in [-0.3, -0.25) is 14.6 Å². The maximum Gasteiger partial charge on any atom is 0.573 e. The van der Waals surface area contributed by atoms with Crippen molar-refractivity contribution in [2.75, 3.05) is 18.6 Å². The Labute approximate surface area is 274 Å². The van der Waals surface area contributed by atoms with Gasteiger partial charge in [-0.1, -0.05) is 60.7 Å². The quantitative estimate of drug-likeness (QED) is 0.225. The highest BCUT2D eigenvalue weighted by molar-refractivity contribution is 6.36. The summed E-state index contributed by atoms with van der Waals surface area (Å²) in [6, 6.07) is 19.5. The van der Waals surface area contributed by atoms with Crippen molar-refractivity contribution in [3.05, 3.63) is 95.6 Å². The molecule has 2 heterocycles. The van der Waals surface area contributed by atoms with Crippen molar-refractivity contribution in [2.24, 2.45) is 10.9 Å². The van der Waals surface area contributed by atoms with E-state index in [9.17, 15) is 27.6 Å². The summed E-state index contributed by atoms with van der Waals surface area (Å²) >= 11 is 0. The van der Waals surface area contributed by atoms with Gasteiger partial charge in [-0.15, -0.1) is 13.2 Å². The average Bonchev–Trinajstić information content (AvgIpc) is 3.46. The number of halogens is 3. The zero-order chi connectivity index (χ0) is 35.1. The number of imide groups is 1. The van der Waals surface area contributed by atoms with E-state index in [1.807, 2.05) is 0 Å². The minimum Gasteiger partial charge on any atom is -0.467 e. The van der Waals surface area contributed by atoms with Crippen molar-refractivity contribution in [3.8, 4) is 5.75 Å². The fourth-order valence-electron chi connectivity index (χ4n) is 6.41. The molecule has 13 heteroatoms. The Morgan fingerprint density at radius 1 is 0.938 bits per heavy atom. The number of esters is 2. The van der Waals surface area contributed by atoms with Crippen LogP contribution in [0, 0.1) is 5.92 Å². The molecule has 0 bridgehead atoms. The lowest BCUT2D eigenvalue weighted by molar-refractivity contribution is -0.274. The Hall–Kier alpha value is -5.20. The van der Waals surface area contributed by atoms with E-state index in [0.29, 0.717) is 10.5 Å². The molecule has 1 spiro atoms. The fourth-order valence-corrected chi connectivity index (χ4v) is 6.41. The van der Waals surface area contributed by atoms with E-state index in [2.05, 4.69) is 4.74 Å². The predicted molar refractivity (Wildman–Crippen MR) is 167 cm³/mol. The summed E-state index contributed by atoms with van der Waals surface area (Å²) in [4.78, 5) is 63.0. The average molecular weight is 667 g/mol. The van der Waals surface area contributed by atoms with Crippen molar-refractivity contribution >= 4 is 35.3 Å². The number of methoxy groups -OCH3 is 1. The first-order chi connectivity index (χ1) is 22.6. The molecule has 2 aliphatic heterocycles. The van der Waals surface area contributed by atoms with Crippen LogP contribution >= 0.6 is 0 Å². The van der Waals surface area contributed by atoms with E-state index < -0.39 is 58.5 Å². The van der Waals surface area contributed by atoms with Gasteiger partial charge in [-0.05, 0) is 57.0 Å². The van der Waals surface area contributed by atoms with Gasteiger partial charge in [-0.2, -0.15) is 0 Å². The molecule has 0 N–H and O–H groups in total. The molecule has 0 radical (unpaired) electrons. The van der Waals surface area contributed by atoms with Gasteiger partial charge >= 0.3 is 24.4 Å². The highest BCUT2D eigenvalue weighted by atomic mass is 19.4. The third-order valence-electron chi connectivity index (χ3n) is 8.00. The minimum atomic E-state index is -5.13. The van der Waals surface area contributed by atoms with Crippen molar-refractivity contribution < 1.29 is 51.3 Å². The van der Waals surface area contributed by atoms with Gasteiger partial charge in [0.15, 0.2) is 5.54 Å². The van der Waals surface area contributed by atoms with Crippen LogP contribution in [0.25, 0.3) is 0 Å². The zero-order valence-corrected chi connectivity index (χ0v) is 26.8. The number of amides is 2. The SMILES string of the molecule is CCOC(=O)C1C2(C(=O)N(C(=O)OC(C)(C)C)c3ccc(OC(F)(F)F)cc32)C(c2ccccc2)=N[C@]1(Cc1ccccc1)C(=O)OC. The molecule has 3 aromatic carbocycles. The van der Waals surface area contributed by atoms with Crippen molar-refractivity contribution in [1.29, 1.82) is 0 Å². The second kappa shape index (κ2) is 12.4. The van der Waals surface area contributed by atoms with E-state index in [1.165, 1.54) is 6.92 Å². The largest absolute Gasteiger partial charge is 0.573 e. The number of carbonyl (C=O) groups excluding carboxylic acids is 4. The predicted octanol–water partition coefficient (Wildman–Crippen LogP) is 5.94. The lowest BCUT2D eigenvalue weighted by Crippen LogP contribution is -2.60. The lowest BCUT2D eigenvalue weighted by Gasteiger charge is -2.37. The lowest BCUT2D eigenvalue weighted by atomic mass is 9.61. The smallest absolute Gasteiger partial charge is 0.467 e. The molecule has 0 saturated carbocycles. The third-order valence-corrected chi connectivity index (χ3v) is 8.00. The Bertz CT molecular complexity index is 1770. The normalized spacial score (nSPS) is 21.8. The molecule has 48 heavy (non-hydrogen) atoms. The summed E-state index contributed by atoms with van der Waals surface area (Å²) in [7, 11) is 1.09. The number of ether oxygens (including phenoxy) is 4. The number of alkyl halides is 3. The first-order valence-electron chi connectivity index (χ1n) is 15.0. The standard InChI is InChI=1S/C35H33F3N2O8/c1-6-46-28(41)26-33(30(43)45-5,20-21-13-9-7-10-14-21)39-27(22-15-11-8-12-16-22)34(26)24-19-23(47-35(36,37)38)17-18-25(24)40(29(34)42)31(44)48-32(2,3)4/h7-19,26H,6,20H2,1-5H3/t26?,33-,34?/m0/s1. The molecule has 2 aliphatic rings. The second-order valence-corrected chi connectivity index (χ2v) is 12.2. The van der Waals surface area contributed by atoms with Crippen LogP contribution in [0.1, 0.15) is 44.4 Å². The fraction of sp³-hybridized carbons (Fsp3) is 0.343. The molecule has 2 unspecified atom stereocenters. The van der Waals surface area contributed by atoms with Crippen LogP contribution in [0.15, 0.2) is 83.9 Å². The molecule has 3 atom stereocenters. The number of hydrogen-bond donors (Lipinski definition) is 0. The van der Waals surface area contributed by atoms with Gasteiger partial charge in [0.1, 0.15) is 22.7 Å². The van der Waals surface area contributed by atoms with Crippen LogP contribution in [-0.4, -0.2) is 60.9 Å². The van der Waals surface area contributed by atoms with Gasteiger partial charge in [0.05, 0.1) is 25.1 Å². The summed E-state index contributed by atoms with van der Waals surface area (Å²) in [5, 5.41) is 0. The van der Waals surface area contributed by atoms with Crippen molar-refractivity contribution in [3.63, 3.8) is 0 Å². The van der Waals surface area contributed by atoms with E-state index in [0.717, 1.165) is 25.3 Å². The van der Waals surface area contributed by atoms with Crippen LogP contribution < -0.4 is 9.64 Å². The van der Waals surface area contributed by atoms with Crippen LogP contribution in [0.3, 0.4) is 0 Å². The summed E-state index contributed by atoms with van der Waals surface area (Å²) in [5.41, 5.74) is -5.56. The Morgan fingerprint density at radius 2 is 1.56 bits per heavy atom. The number of benzene rings is 3. The van der Waals surface area contributed by atoms with E-state index in [1.54, 1.807) is 81.4 Å². The van der Waals surface area contributed by atoms with E-state index in [-0.39, 0.29) is 35.6 Å². The van der Waals surface area contributed by atoms with Crippen molar-refractivity contribution in [2.45, 2.75) is 57.0 Å². The number of anilines is 1. The zero-order valence-electron chi connectivity index (χ0n) is 26.8. The summed E-state index contributed by atoms with van der Waals surface area (Å²) in [5.74, 6) is -5.79. The van der Waals surface area contributed by atoms with Gasteiger partial charge in [0.25, 0.3) is 5.91 Å². The van der Waals surface area contributed by atoms with E-state index in [4.69, 9.17) is 19.2 Å². The van der Waals surface area contributed by atoms with Gasteiger partial charge < -0.3 is 18.9 Å². The van der Waals surface area contributed by atoms with Crippen LogP contribution in [-0.2, 0) is 40.4 Å². The Kier molecular flexibility index (Phi) is 8.85. The van der Waals surface area contributed by atoms with Crippen molar-refractivity contribution in [1.82, 2.24) is 0 Å². The van der Waals surface area contributed by atoms with Gasteiger partial charge in [-0.25, -0.2) is 14.5 Å². The molecule has 252 valence electrons. The Balaban J connectivity index is 1.93. The number of rotatable bonds is 7. The molecular weight excluding hydrogens is 633 g/mol. The molecule has 2 amide bonds.